The molecule has 0 bridgehead atoms. The number of benzene rings is 2. The number of ether oxygens (including phenoxy) is 2. The molecule has 6 nitrogen and oxygen atoms in total. The van der Waals surface area contributed by atoms with Gasteiger partial charge in [0.25, 0.3) is 5.91 Å². The second-order valence-corrected chi connectivity index (χ2v) is 7.24. The first kappa shape index (κ1) is 16.8. The third-order valence-electron chi connectivity index (χ3n) is 4.72. The lowest BCUT2D eigenvalue weighted by atomic mass is 9.91. The molecule has 1 fully saturated rings. The van der Waals surface area contributed by atoms with Crippen molar-refractivity contribution in [2.24, 2.45) is 0 Å². The SMILES string of the molecule is CSc1ccc(CN2C(=O)NC(C)(c3ccc4c(c3)OCO4)C2=O)cc1. The van der Waals surface area contributed by atoms with Gasteiger partial charge >= 0.3 is 6.03 Å². The summed E-state index contributed by atoms with van der Waals surface area (Å²) in [6.07, 6.45) is 2.00. The van der Waals surface area contributed by atoms with Crippen LogP contribution in [0.5, 0.6) is 11.5 Å². The summed E-state index contributed by atoms with van der Waals surface area (Å²) in [5.74, 6) is 0.937. The number of urea groups is 1. The predicted octanol–water partition coefficient (Wildman–Crippen LogP) is 3.10. The molecule has 3 amide bonds. The van der Waals surface area contributed by atoms with E-state index in [1.165, 1.54) is 4.90 Å². The van der Waals surface area contributed by atoms with Crippen molar-refractivity contribution in [1.29, 1.82) is 0 Å². The Labute approximate surface area is 155 Å². The lowest BCUT2D eigenvalue weighted by Gasteiger charge is -2.22. The van der Waals surface area contributed by atoms with E-state index in [9.17, 15) is 9.59 Å². The number of thioether (sulfide) groups is 1. The van der Waals surface area contributed by atoms with Crippen molar-refractivity contribution >= 4 is 23.7 Å². The fourth-order valence-electron chi connectivity index (χ4n) is 3.16. The van der Waals surface area contributed by atoms with Gasteiger partial charge in [-0.15, -0.1) is 11.8 Å². The molecular formula is C19H18N2O4S. The van der Waals surface area contributed by atoms with Gasteiger partial charge in [0.1, 0.15) is 5.54 Å². The maximum absolute atomic E-state index is 13.0. The highest BCUT2D eigenvalue weighted by Gasteiger charge is 2.49. The van der Waals surface area contributed by atoms with Crippen molar-refractivity contribution in [1.82, 2.24) is 10.2 Å². The zero-order chi connectivity index (χ0) is 18.3. The third-order valence-corrected chi connectivity index (χ3v) is 5.47. The highest BCUT2D eigenvalue weighted by atomic mass is 32.2. The normalized spacial score (nSPS) is 21.2. The zero-order valence-corrected chi connectivity index (χ0v) is 15.3. The van der Waals surface area contributed by atoms with E-state index >= 15 is 0 Å². The van der Waals surface area contributed by atoms with Crippen molar-refractivity contribution < 1.29 is 19.1 Å². The Hall–Kier alpha value is -2.67. The summed E-state index contributed by atoms with van der Waals surface area (Å²) in [6.45, 7) is 2.11. The van der Waals surface area contributed by atoms with Crippen LogP contribution in [0.2, 0.25) is 0 Å². The molecule has 2 aromatic carbocycles. The van der Waals surface area contributed by atoms with E-state index in [4.69, 9.17) is 9.47 Å². The molecule has 134 valence electrons. The van der Waals surface area contributed by atoms with E-state index in [-0.39, 0.29) is 19.2 Å². The van der Waals surface area contributed by atoms with Crippen LogP contribution in [0.4, 0.5) is 4.79 Å². The van der Waals surface area contributed by atoms with Crippen LogP contribution in [0.15, 0.2) is 47.4 Å². The fourth-order valence-corrected chi connectivity index (χ4v) is 3.57. The molecule has 1 saturated heterocycles. The Bertz CT molecular complexity index is 884. The van der Waals surface area contributed by atoms with Gasteiger partial charge in [-0.05, 0) is 48.6 Å². The number of nitrogens with zero attached hydrogens (tertiary/aromatic N) is 1. The summed E-state index contributed by atoms with van der Waals surface area (Å²) in [5, 5.41) is 2.82. The van der Waals surface area contributed by atoms with Crippen LogP contribution in [0.25, 0.3) is 0 Å². The lowest BCUT2D eigenvalue weighted by Crippen LogP contribution is -2.40. The number of imide groups is 1. The molecule has 0 aliphatic carbocycles. The standard InChI is InChI=1S/C19H18N2O4S/c1-19(13-5-8-15-16(9-13)25-11-24-15)17(22)21(18(23)20-19)10-12-3-6-14(26-2)7-4-12/h3-9H,10-11H2,1-2H3,(H,20,23). The van der Waals surface area contributed by atoms with Crippen LogP contribution in [-0.4, -0.2) is 29.9 Å². The summed E-state index contributed by atoms with van der Waals surface area (Å²) >= 11 is 1.65. The number of hydrogen-bond acceptors (Lipinski definition) is 5. The molecule has 0 saturated carbocycles. The third kappa shape index (κ3) is 2.68. The Morgan fingerprint density at radius 3 is 2.58 bits per heavy atom. The first-order chi connectivity index (χ1) is 12.5. The number of carbonyl (C=O) groups excluding carboxylic acids is 2. The summed E-state index contributed by atoms with van der Waals surface area (Å²) in [5.41, 5.74) is 0.443. The van der Waals surface area contributed by atoms with Crippen LogP contribution in [-0.2, 0) is 16.9 Å². The molecule has 2 aliphatic rings. The van der Waals surface area contributed by atoms with E-state index < -0.39 is 11.6 Å². The molecule has 1 N–H and O–H groups in total. The van der Waals surface area contributed by atoms with Gasteiger partial charge < -0.3 is 14.8 Å². The molecule has 1 unspecified atom stereocenters. The Kier molecular flexibility index (Phi) is 4.03. The molecule has 0 spiro atoms. The molecule has 2 aliphatic heterocycles. The number of hydrogen-bond donors (Lipinski definition) is 1. The van der Waals surface area contributed by atoms with Gasteiger partial charge in [0.05, 0.1) is 6.54 Å². The minimum atomic E-state index is -1.13. The molecular weight excluding hydrogens is 352 g/mol. The van der Waals surface area contributed by atoms with Crippen molar-refractivity contribution in [3.8, 4) is 11.5 Å². The second-order valence-electron chi connectivity index (χ2n) is 6.36. The number of fused-ring (bicyclic) bond motifs is 1. The molecule has 1 atom stereocenters. The Balaban J connectivity index is 1.59. The largest absolute Gasteiger partial charge is 0.454 e. The molecule has 7 heteroatoms. The van der Waals surface area contributed by atoms with Crippen LogP contribution < -0.4 is 14.8 Å². The molecule has 2 aromatic rings. The monoisotopic (exact) mass is 370 g/mol. The highest BCUT2D eigenvalue weighted by Crippen LogP contribution is 2.38. The van der Waals surface area contributed by atoms with Crippen molar-refractivity contribution in [3.05, 3.63) is 53.6 Å². The average Bonchev–Trinajstić information content (AvgIpc) is 3.21. The average molecular weight is 370 g/mol. The minimum absolute atomic E-state index is 0.161. The van der Waals surface area contributed by atoms with E-state index in [2.05, 4.69) is 5.32 Å². The second kappa shape index (κ2) is 6.25. The van der Waals surface area contributed by atoms with E-state index in [0.29, 0.717) is 17.1 Å². The fraction of sp³-hybridized carbons (Fsp3) is 0.263. The van der Waals surface area contributed by atoms with Gasteiger partial charge in [0.2, 0.25) is 6.79 Å². The zero-order valence-electron chi connectivity index (χ0n) is 14.4. The van der Waals surface area contributed by atoms with Gasteiger partial charge in [-0.1, -0.05) is 18.2 Å². The van der Waals surface area contributed by atoms with E-state index in [0.717, 1.165) is 10.5 Å². The van der Waals surface area contributed by atoms with Crippen LogP contribution in [0, 0.1) is 0 Å². The summed E-state index contributed by atoms with van der Waals surface area (Å²) in [4.78, 5) is 27.9. The number of rotatable bonds is 4. The predicted molar refractivity (Wildman–Crippen MR) is 97.2 cm³/mol. The van der Waals surface area contributed by atoms with Crippen molar-refractivity contribution in [3.63, 3.8) is 0 Å². The number of nitrogens with one attached hydrogen (secondary N) is 1. The molecule has 4 rings (SSSR count). The minimum Gasteiger partial charge on any atom is -0.454 e. The first-order valence-electron chi connectivity index (χ1n) is 8.18. The van der Waals surface area contributed by atoms with E-state index in [1.54, 1.807) is 36.9 Å². The molecule has 2 heterocycles. The smallest absolute Gasteiger partial charge is 0.325 e. The number of carbonyl (C=O) groups is 2. The topological polar surface area (TPSA) is 67.9 Å². The first-order valence-corrected chi connectivity index (χ1v) is 9.41. The van der Waals surface area contributed by atoms with Gasteiger partial charge in [-0.2, -0.15) is 0 Å². The van der Waals surface area contributed by atoms with Crippen LogP contribution >= 0.6 is 11.8 Å². The van der Waals surface area contributed by atoms with Crippen LogP contribution in [0.1, 0.15) is 18.1 Å². The summed E-state index contributed by atoms with van der Waals surface area (Å²) in [7, 11) is 0. The maximum atomic E-state index is 13.0. The molecule has 0 radical (unpaired) electrons. The summed E-state index contributed by atoms with van der Waals surface area (Å²) in [6, 6.07) is 12.7. The Morgan fingerprint density at radius 1 is 1.12 bits per heavy atom. The highest BCUT2D eigenvalue weighted by molar-refractivity contribution is 7.98. The Morgan fingerprint density at radius 2 is 1.85 bits per heavy atom. The lowest BCUT2D eigenvalue weighted by molar-refractivity contribution is -0.131. The maximum Gasteiger partial charge on any atom is 0.325 e. The van der Waals surface area contributed by atoms with Gasteiger partial charge in [0.15, 0.2) is 11.5 Å². The summed E-state index contributed by atoms with van der Waals surface area (Å²) < 4.78 is 10.7. The molecule has 26 heavy (non-hydrogen) atoms. The van der Waals surface area contributed by atoms with E-state index in [1.807, 2.05) is 30.5 Å². The molecule has 0 aromatic heterocycles. The van der Waals surface area contributed by atoms with Crippen molar-refractivity contribution in [2.75, 3.05) is 13.0 Å². The van der Waals surface area contributed by atoms with Gasteiger partial charge in [-0.25, -0.2) is 4.79 Å². The van der Waals surface area contributed by atoms with Crippen molar-refractivity contribution in [2.45, 2.75) is 23.9 Å². The van der Waals surface area contributed by atoms with Crippen LogP contribution in [0.3, 0.4) is 0 Å². The van der Waals surface area contributed by atoms with Gasteiger partial charge in [-0.3, -0.25) is 9.69 Å². The van der Waals surface area contributed by atoms with Gasteiger partial charge in [0, 0.05) is 4.90 Å². The number of amides is 3. The quantitative estimate of drug-likeness (QED) is 0.662.